The number of carboxylic acid groups (broad SMARTS) is 1. The summed E-state index contributed by atoms with van der Waals surface area (Å²) in [6, 6.07) is 7.46. The van der Waals surface area contributed by atoms with Gasteiger partial charge in [-0.05, 0) is 42.4 Å². The summed E-state index contributed by atoms with van der Waals surface area (Å²) in [5.74, 6) is -0.329. The molecule has 4 N–H and O–H groups in total. The molecule has 2 aliphatic heterocycles. The van der Waals surface area contributed by atoms with E-state index in [0.29, 0.717) is 32.2 Å². The van der Waals surface area contributed by atoms with Crippen LogP contribution in [0.4, 0.5) is 0 Å². The largest absolute Gasteiger partial charge is 0.480 e. The highest BCUT2D eigenvalue weighted by molar-refractivity contribution is 7.98. The van der Waals surface area contributed by atoms with Crippen molar-refractivity contribution in [3.05, 3.63) is 35.4 Å². The number of nitrogens with zero attached hydrogens (tertiary/aromatic N) is 1. The van der Waals surface area contributed by atoms with Gasteiger partial charge in [0.25, 0.3) is 0 Å². The molecule has 1 aromatic carbocycles. The molecule has 2 aliphatic rings. The number of aliphatic carboxylic acids is 1. The first kappa shape index (κ1) is 31.4. The molecule has 0 bridgehead atoms. The lowest BCUT2D eigenvalue weighted by Gasteiger charge is -2.28. The van der Waals surface area contributed by atoms with E-state index < -0.39 is 12.0 Å². The smallest absolute Gasteiger partial charge is 0.326 e. The number of nitrogens with one attached hydrogen (secondary N) is 3. The second-order valence-electron chi connectivity index (χ2n) is 8.70. The third kappa shape index (κ3) is 12.4. The van der Waals surface area contributed by atoms with Crippen molar-refractivity contribution in [1.82, 2.24) is 20.9 Å². The zero-order chi connectivity index (χ0) is 26.8. The van der Waals surface area contributed by atoms with Gasteiger partial charge in [0.15, 0.2) is 0 Å². The molecule has 0 aromatic heterocycles. The van der Waals surface area contributed by atoms with Crippen molar-refractivity contribution in [2.75, 3.05) is 31.6 Å². The van der Waals surface area contributed by atoms with Crippen molar-refractivity contribution >= 4 is 36.0 Å². The van der Waals surface area contributed by atoms with Gasteiger partial charge in [-0.15, -0.1) is 0 Å². The first-order valence-electron chi connectivity index (χ1n) is 12.6. The molecule has 1 fully saturated rings. The fourth-order valence-electron chi connectivity index (χ4n) is 3.61. The van der Waals surface area contributed by atoms with Crippen LogP contribution in [0.25, 0.3) is 0 Å². The maximum absolute atomic E-state index is 11.9. The van der Waals surface area contributed by atoms with Crippen molar-refractivity contribution < 1.29 is 24.3 Å². The Hall–Kier alpha value is -2.59. The summed E-state index contributed by atoms with van der Waals surface area (Å²) in [5, 5.41) is 16.3. The van der Waals surface area contributed by atoms with Gasteiger partial charge < -0.3 is 21.1 Å². The minimum absolute atomic E-state index is 0.0252. The Kier molecular flexibility index (Phi) is 16.3. The predicted octanol–water partition coefficient (Wildman–Crippen LogP) is 2.18. The number of amides is 3. The first-order valence-corrected chi connectivity index (χ1v) is 14.0. The van der Waals surface area contributed by atoms with Crippen LogP contribution in [0.5, 0.6) is 0 Å². The molecule has 202 valence electrons. The molecular weight excluding hydrogens is 480 g/mol. The second kappa shape index (κ2) is 18.6. The summed E-state index contributed by atoms with van der Waals surface area (Å²) in [4.78, 5) is 45.6. The van der Waals surface area contributed by atoms with Gasteiger partial charge in [0, 0.05) is 32.6 Å². The van der Waals surface area contributed by atoms with Crippen molar-refractivity contribution in [1.29, 1.82) is 0 Å². The van der Waals surface area contributed by atoms with Gasteiger partial charge in [0.1, 0.15) is 12.1 Å². The highest BCUT2D eigenvalue weighted by Gasteiger charge is 2.27. The molecule has 3 rings (SSSR count). The van der Waals surface area contributed by atoms with Crippen LogP contribution >= 0.6 is 11.8 Å². The average Bonchev–Trinajstić information content (AvgIpc) is 3.33. The third-order valence-corrected chi connectivity index (χ3v) is 6.57. The number of unbranched alkanes of at least 4 members (excludes halogenated alkanes) is 1. The molecule has 36 heavy (non-hydrogen) atoms. The van der Waals surface area contributed by atoms with Gasteiger partial charge in [0.2, 0.25) is 18.2 Å². The number of carbonyl (C=O) groups is 4. The minimum Gasteiger partial charge on any atom is -0.480 e. The molecule has 3 amide bonds. The van der Waals surface area contributed by atoms with E-state index in [4.69, 9.17) is 5.11 Å². The lowest BCUT2D eigenvalue weighted by molar-refractivity contribution is -0.140. The van der Waals surface area contributed by atoms with Crippen LogP contribution in [0, 0.1) is 0 Å². The van der Waals surface area contributed by atoms with Crippen LogP contribution in [-0.2, 0) is 32.1 Å². The van der Waals surface area contributed by atoms with E-state index in [0.717, 1.165) is 31.8 Å². The van der Waals surface area contributed by atoms with Crippen molar-refractivity contribution in [2.24, 2.45) is 0 Å². The Balaban J connectivity index is 0.000000365. The molecule has 1 aromatic rings. The number of carbonyl (C=O) groups excluding carboxylic acids is 3. The van der Waals surface area contributed by atoms with Crippen LogP contribution in [0.2, 0.25) is 0 Å². The topological polar surface area (TPSA) is 128 Å². The Morgan fingerprint density at radius 3 is 2.47 bits per heavy atom. The zero-order valence-electron chi connectivity index (χ0n) is 21.8. The molecule has 2 unspecified atom stereocenters. The van der Waals surface area contributed by atoms with Crippen LogP contribution in [-0.4, -0.2) is 77.9 Å². The Bertz CT molecular complexity index is 821. The number of hydrogen-bond acceptors (Lipinski definition) is 6. The van der Waals surface area contributed by atoms with Crippen LogP contribution in [0.15, 0.2) is 24.3 Å². The molecule has 2 atom stereocenters. The van der Waals surface area contributed by atoms with Gasteiger partial charge in [-0.2, -0.15) is 11.8 Å². The molecule has 1 saturated heterocycles. The molecule has 0 spiro atoms. The van der Waals surface area contributed by atoms with Crippen molar-refractivity contribution in [2.45, 2.75) is 71.0 Å². The SMILES string of the molecule is CCCC.CSCCC(NC=O)C(=O)O.O=C1CCC(C(=O)NCCN2CCc3ccccc3C2)N1. The third-order valence-electron chi connectivity index (χ3n) is 5.93. The standard InChI is InChI=1S/C16H21N3O2.C6H11NO3S.C4H10/c20-15-6-5-14(18-15)16(21)17-8-10-19-9-7-12-3-1-2-4-13(12)11-19;1-11-3-2-5(6(9)10)7-4-8;1-3-4-2/h1-4,14H,5-11H2,(H,17,21)(H,18,20);4-5H,2-3H2,1H3,(H,7,8)(H,9,10);3-4H2,1-2H3. The molecule has 0 aliphatic carbocycles. The highest BCUT2D eigenvalue weighted by atomic mass is 32.2. The number of fused-ring (bicyclic) bond motifs is 1. The van der Waals surface area contributed by atoms with E-state index in [9.17, 15) is 19.2 Å². The molecular formula is C26H42N4O5S. The summed E-state index contributed by atoms with van der Waals surface area (Å²) in [5.41, 5.74) is 2.82. The summed E-state index contributed by atoms with van der Waals surface area (Å²) >= 11 is 1.55. The van der Waals surface area contributed by atoms with Gasteiger partial charge in [-0.3, -0.25) is 19.3 Å². The second-order valence-corrected chi connectivity index (χ2v) is 9.69. The fourth-order valence-corrected chi connectivity index (χ4v) is 4.08. The molecule has 9 nitrogen and oxygen atoms in total. The molecule has 0 saturated carbocycles. The average molecular weight is 523 g/mol. The fraction of sp³-hybridized carbons (Fsp3) is 0.615. The number of rotatable bonds is 11. The summed E-state index contributed by atoms with van der Waals surface area (Å²) in [7, 11) is 0. The van der Waals surface area contributed by atoms with E-state index in [1.54, 1.807) is 11.8 Å². The normalized spacial score (nSPS) is 17.2. The van der Waals surface area contributed by atoms with Crippen LogP contribution < -0.4 is 16.0 Å². The monoisotopic (exact) mass is 522 g/mol. The van der Waals surface area contributed by atoms with Gasteiger partial charge in [0.05, 0.1) is 0 Å². The van der Waals surface area contributed by atoms with Gasteiger partial charge in [-0.25, -0.2) is 4.79 Å². The Morgan fingerprint density at radius 1 is 1.22 bits per heavy atom. The summed E-state index contributed by atoms with van der Waals surface area (Å²) in [6.45, 7) is 7.83. The van der Waals surface area contributed by atoms with Gasteiger partial charge >= 0.3 is 5.97 Å². The molecule has 0 radical (unpaired) electrons. The number of benzene rings is 1. The number of carboxylic acids is 1. The van der Waals surface area contributed by atoms with Crippen LogP contribution in [0.1, 0.15) is 57.1 Å². The molecule has 10 heteroatoms. The quantitative estimate of drug-likeness (QED) is 0.328. The highest BCUT2D eigenvalue weighted by Crippen LogP contribution is 2.17. The molecule has 2 heterocycles. The van der Waals surface area contributed by atoms with E-state index >= 15 is 0 Å². The van der Waals surface area contributed by atoms with E-state index in [-0.39, 0.29) is 17.9 Å². The van der Waals surface area contributed by atoms with E-state index in [1.807, 2.05) is 6.26 Å². The lowest BCUT2D eigenvalue weighted by Crippen LogP contribution is -2.44. The maximum atomic E-state index is 11.9. The minimum atomic E-state index is -0.980. The van der Waals surface area contributed by atoms with Crippen LogP contribution in [0.3, 0.4) is 0 Å². The predicted molar refractivity (Wildman–Crippen MR) is 144 cm³/mol. The number of thioether (sulfide) groups is 1. The summed E-state index contributed by atoms with van der Waals surface area (Å²) < 4.78 is 0. The number of hydrogen-bond donors (Lipinski definition) is 4. The Morgan fingerprint density at radius 2 is 1.92 bits per heavy atom. The van der Waals surface area contributed by atoms with Crippen molar-refractivity contribution in [3.8, 4) is 0 Å². The summed E-state index contributed by atoms with van der Waals surface area (Å²) in [6.07, 6.45) is 7.56. The maximum Gasteiger partial charge on any atom is 0.326 e. The zero-order valence-corrected chi connectivity index (χ0v) is 22.6. The van der Waals surface area contributed by atoms with E-state index in [1.165, 1.54) is 24.0 Å². The lowest BCUT2D eigenvalue weighted by atomic mass is 10.00. The van der Waals surface area contributed by atoms with Gasteiger partial charge in [-0.1, -0.05) is 51.0 Å². The van der Waals surface area contributed by atoms with Crippen molar-refractivity contribution in [3.63, 3.8) is 0 Å². The van der Waals surface area contributed by atoms with E-state index in [2.05, 4.69) is 59.0 Å². The Labute approximate surface area is 219 Å². The first-order chi connectivity index (χ1) is 17.4.